The van der Waals surface area contributed by atoms with Crippen LogP contribution in [0.5, 0.6) is 0 Å². The van der Waals surface area contributed by atoms with Gasteiger partial charge in [0.25, 0.3) is 5.91 Å². The summed E-state index contributed by atoms with van der Waals surface area (Å²) in [5.41, 5.74) is 8.24. The Morgan fingerprint density at radius 2 is 1.86 bits per heavy atom. The molecule has 35 heavy (non-hydrogen) atoms. The molecule has 3 heterocycles. The fourth-order valence-electron chi connectivity index (χ4n) is 5.50. The summed E-state index contributed by atoms with van der Waals surface area (Å²) in [5, 5.41) is 9.04. The number of piperidine rings is 1. The molecule has 0 unspecified atom stereocenters. The van der Waals surface area contributed by atoms with Crippen LogP contribution in [0.1, 0.15) is 69.7 Å². The number of nitrogens with one attached hydrogen (secondary N) is 1. The van der Waals surface area contributed by atoms with E-state index in [0.717, 1.165) is 85.8 Å². The summed E-state index contributed by atoms with van der Waals surface area (Å²) >= 11 is 0. The number of likely N-dealkylation sites (tertiary alicyclic amines) is 1. The Balaban J connectivity index is 1.33. The van der Waals surface area contributed by atoms with Crippen molar-refractivity contribution in [1.29, 1.82) is 5.26 Å². The number of amides is 1. The lowest BCUT2D eigenvalue weighted by molar-refractivity contribution is 0.0712. The van der Waals surface area contributed by atoms with Crippen LogP contribution < -0.4 is 0 Å². The van der Waals surface area contributed by atoms with E-state index in [1.54, 1.807) is 0 Å². The Kier molecular flexibility index (Phi) is 6.44. The molecule has 6 nitrogen and oxygen atoms in total. The maximum absolute atomic E-state index is 13.6. The molecule has 2 aliphatic rings. The minimum absolute atomic E-state index is 0.107. The molecule has 0 radical (unpaired) electrons. The molecule has 0 saturated carbocycles. The molecule has 2 aromatic carbocycles. The van der Waals surface area contributed by atoms with Gasteiger partial charge in [0.1, 0.15) is 5.82 Å². The number of hydrogen-bond donors (Lipinski definition) is 1. The van der Waals surface area contributed by atoms with Crippen LogP contribution in [0.15, 0.2) is 36.4 Å². The average molecular weight is 468 g/mol. The third-order valence-electron chi connectivity index (χ3n) is 7.71. The maximum atomic E-state index is 13.6. The number of benzene rings is 2. The lowest BCUT2D eigenvalue weighted by Crippen LogP contribution is -2.38. The van der Waals surface area contributed by atoms with Gasteiger partial charge in [0.05, 0.1) is 17.3 Å². The van der Waals surface area contributed by atoms with Crippen molar-refractivity contribution in [2.45, 2.75) is 52.5 Å². The zero-order valence-corrected chi connectivity index (χ0v) is 20.9. The minimum atomic E-state index is 0.107. The first-order chi connectivity index (χ1) is 17.0. The molecule has 1 aromatic heterocycles. The van der Waals surface area contributed by atoms with E-state index in [-0.39, 0.29) is 5.91 Å². The van der Waals surface area contributed by atoms with Crippen molar-refractivity contribution in [3.8, 4) is 17.5 Å². The van der Waals surface area contributed by atoms with Crippen molar-refractivity contribution in [1.82, 2.24) is 19.8 Å². The number of aromatic nitrogens is 2. The summed E-state index contributed by atoms with van der Waals surface area (Å²) < 4.78 is 0. The van der Waals surface area contributed by atoms with Gasteiger partial charge in [-0.15, -0.1) is 0 Å². The number of likely N-dealkylation sites (N-methyl/N-ethyl adjacent to an activating group) is 1. The number of hydrogen-bond acceptors (Lipinski definition) is 4. The van der Waals surface area contributed by atoms with E-state index >= 15 is 0 Å². The normalized spacial score (nSPS) is 16.7. The van der Waals surface area contributed by atoms with Gasteiger partial charge in [-0.3, -0.25) is 9.69 Å². The molecule has 1 saturated heterocycles. The molecule has 0 bridgehead atoms. The summed E-state index contributed by atoms with van der Waals surface area (Å²) in [4.78, 5) is 26.5. The first-order valence-corrected chi connectivity index (χ1v) is 12.7. The highest BCUT2D eigenvalue weighted by Crippen LogP contribution is 2.31. The summed E-state index contributed by atoms with van der Waals surface area (Å²) in [6.45, 7) is 10.8. The zero-order chi connectivity index (χ0) is 24.5. The number of fused-ring (bicyclic) bond motifs is 1. The van der Waals surface area contributed by atoms with E-state index in [1.165, 1.54) is 11.3 Å². The fraction of sp³-hybridized carbons (Fsp3) is 0.414. The van der Waals surface area contributed by atoms with Crippen LogP contribution in [0.25, 0.3) is 11.4 Å². The first kappa shape index (κ1) is 23.3. The van der Waals surface area contributed by atoms with Gasteiger partial charge in [0.15, 0.2) is 0 Å². The predicted molar refractivity (Wildman–Crippen MR) is 137 cm³/mol. The van der Waals surface area contributed by atoms with Crippen LogP contribution in [0.3, 0.4) is 0 Å². The zero-order valence-electron chi connectivity index (χ0n) is 20.9. The quantitative estimate of drug-likeness (QED) is 0.588. The van der Waals surface area contributed by atoms with Crippen molar-refractivity contribution in [3.63, 3.8) is 0 Å². The lowest BCUT2D eigenvalue weighted by atomic mass is 9.88. The van der Waals surface area contributed by atoms with Crippen LogP contribution >= 0.6 is 0 Å². The molecule has 3 aromatic rings. The van der Waals surface area contributed by atoms with Gasteiger partial charge in [0.2, 0.25) is 0 Å². The van der Waals surface area contributed by atoms with Gasteiger partial charge >= 0.3 is 0 Å². The standard InChI is InChI=1S/C29H33N5O/c1-4-33-12-11-26-27(18-33)32-28(31-26)24-16-25(20(3)15-19(24)2)29(35)34-13-9-23(10-14-34)22-7-5-21(17-30)6-8-22/h5-8,15-16,23H,4,9-14,18H2,1-3H3,(H,31,32). The monoisotopic (exact) mass is 467 g/mol. The summed E-state index contributed by atoms with van der Waals surface area (Å²) in [6, 6.07) is 14.2. The summed E-state index contributed by atoms with van der Waals surface area (Å²) in [7, 11) is 0. The Morgan fingerprint density at radius 3 is 2.54 bits per heavy atom. The number of H-pyrrole nitrogens is 1. The van der Waals surface area contributed by atoms with Gasteiger partial charge in [-0.1, -0.05) is 25.1 Å². The third kappa shape index (κ3) is 4.61. The molecular formula is C29H33N5O. The smallest absolute Gasteiger partial charge is 0.254 e. The molecule has 2 aliphatic heterocycles. The maximum Gasteiger partial charge on any atom is 0.254 e. The van der Waals surface area contributed by atoms with Crippen LogP contribution in [0.4, 0.5) is 0 Å². The molecule has 1 amide bonds. The highest BCUT2D eigenvalue weighted by Gasteiger charge is 2.27. The van der Waals surface area contributed by atoms with E-state index in [2.05, 4.69) is 48.0 Å². The Bertz CT molecular complexity index is 1280. The Morgan fingerprint density at radius 1 is 1.11 bits per heavy atom. The Hall–Kier alpha value is -3.43. The highest BCUT2D eigenvalue weighted by molar-refractivity contribution is 5.97. The van der Waals surface area contributed by atoms with Crippen molar-refractivity contribution in [2.75, 3.05) is 26.2 Å². The van der Waals surface area contributed by atoms with E-state index in [0.29, 0.717) is 11.5 Å². The second-order valence-electron chi connectivity index (χ2n) is 9.91. The number of aryl methyl sites for hydroxylation is 2. The number of imidazole rings is 1. The number of carbonyl (C=O) groups excluding carboxylic acids is 1. The van der Waals surface area contributed by atoms with Crippen LogP contribution in [-0.2, 0) is 13.0 Å². The predicted octanol–water partition coefficient (Wildman–Crippen LogP) is 4.96. The topological polar surface area (TPSA) is 76.0 Å². The molecule has 0 spiro atoms. The van der Waals surface area contributed by atoms with E-state index < -0.39 is 0 Å². The minimum Gasteiger partial charge on any atom is -0.342 e. The van der Waals surface area contributed by atoms with E-state index in [4.69, 9.17) is 10.2 Å². The SMILES string of the molecule is CCN1CCc2[nH]c(-c3cc(C(=O)N4CCC(c5ccc(C#N)cc5)CC4)c(C)cc3C)nc2C1. The fourth-order valence-corrected chi connectivity index (χ4v) is 5.50. The van der Waals surface area contributed by atoms with Crippen LogP contribution in [0.2, 0.25) is 0 Å². The molecule has 1 fully saturated rings. The number of carbonyl (C=O) groups is 1. The van der Waals surface area contributed by atoms with Crippen LogP contribution in [0, 0.1) is 25.2 Å². The lowest BCUT2D eigenvalue weighted by Gasteiger charge is -2.32. The van der Waals surface area contributed by atoms with E-state index in [1.807, 2.05) is 30.0 Å². The van der Waals surface area contributed by atoms with Crippen molar-refractivity contribution in [3.05, 3.63) is 75.6 Å². The van der Waals surface area contributed by atoms with Gasteiger partial charge in [0, 0.05) is 49.4 Å². The van der Waals surface area contributed by atoms with Crippen LogP contribution in [-0.4, -0.2) is 51.9 Å². The van der Waals surface area contributed by atoms with Crippen molar-refractivity contribution < 1.29 is 4.79 Å². The third-order valence-corrected chi connectivity index (χ3v) is 7.71. The number of nitriles is 1. The van der Waals surface area contributed by atoms with Gasteiger partial charge < -0.3 is 9.88 Å². The van der Waals surface area contributed by atoms with Gasteiger partial charge in [-0.25, -0.2) is 4.98 Å². The summed E-state index contributed by atoms with van der Waals surface area (Å²) in [5.74, 6) is 1.41. The second-order valence-corrected chi connectivity index (χ2v) is 9.91. The number of rotatable bonds is 4. The molecular weight excluding hydrogens is 434 g/mol. The number of aromatic amines is 1. The highest BCUT2D eigenvalue weighted by atomic mass is 16.2. The molecule has 6 heteroatoms. The molecule has 0 atom stereocenters. The van der Waals surface area contributed by atoms with Crippen molar-refractivity contribution >= 4 is 5.91 Å². The molecule has 5 rings (SSSR count). The van der Waals surface area contributed by atoms with Gasteiger partial charge in [-0.05, 0) is 74.0 Å². The second kappa shape index (κ2) is 9.67. The van der Waals surface area contributed by atoms with E-state index in [9.17, 15) is 4.79 Å². The number of nitrogens with zero attached hydrogens (tertiary/aromatic N) is 4. The van der Waals surface area contributed by atoms with Crippen molar-refractivity contribution in [2.24, 2.45) is 0 Å². The molecule has 180 valence electrons. The average Bonchev–Trinajstić information content (AvgIpc) is 3.31. The molecule has 0 aliphatic carbocycles. The first-order valence-electron chi connectivity index (χ1n) is 12.7. The Labute approximate surface area is 207 Å². The summed E-state index contributed by atoms with van der Waals surface area (Å²) in [6.07, 6.45) is 2.86. The largest absolute Gasteiger partial charge is 0.342 e. The van der Waals surface area contributed by atoms with Gasteiger partial charge in [-0.2, -0.15) is 5.26 Å². The molecule has 1 N–H and O–H groups in total.